The Labute approximate surface area is 189 Å². The molecule has 0 fully saturated rings. The predicted molar refractivity (Wildman–Crippen MR) is 120 cm³/mol. The van der Waals surface area contributed by atoms with Crippen molar-refractivity contribution >= 4 is 63.1 Å². The molecule has 10 heteroatoms. The van der Waals surface area contributed by atoms with Crippen molar-refractivity contribution in [2.45, 2.75) is 47.6 Å². The third-order valence-electron chi connectivity index (χ3n) is 4.20. The minimum atomic E-state index is -1.13. The summed E-state index contributed by atoms with van der Waals surface area (Å²) in [6, 6.07) is 1.43. The van der Waals surface area contributed by atoms with E-state index in [0.29, 0.717) is 15.6 Å². The van der Waals surface area contributed by atoms with E-state index < -0.39 is 23.4 Å². The first kappa shape index (κ1) is 24.1. The number of nitrogens with zero attached hydrogens (tertiary/aromatic N) is 1. The van der Waals surface area contributed by atoms with E-state index in [1.54, 1.807) is 27.7 Å². The normalized spacial score (nSPS) is 12.3. The molecule has 0 aliphatic heterocycles. The van der Waals surface area contributed by atoms with Crippen molar-refractivity contribution in [3.8, 4) is 0 Å². The Morgan fingerprint density at radius 2 is 1.80 bits per heavy atom. The van der Waals surface area contributed by atoms with Crippen molar-refractivity contribution in [2.24, 2.45) is 5.41 Å². The highest BCUT2D eigenvalue weighted by Gasteiger charge is 2.29. The van der Waals surface area contributed by atoms with Gasteiger partial charge in [0, 0.05) is 16.5 Å². The smallest absolute Gasteiger partial charge is 0.342 e. The van der Waals surface area contributed by atoms with E-state index in [1.807, 2.05) is 6.92 Å². The van der Waals surface area contributed by atoms with Crippen LogP contribution in [0.25, 0.3) is 0 Å². The zero-order valence-electron chi connectivity index (χ0n) is 17.5. The minimum Gasteiger partial charge on any atom is -0.449 e. The van der Waals surface area contributed by atoms with Crippen LogP contribution in [0.1, 0.15) is 48.5 Å². The van der Waals surface area contributed by atoms with Crippen molar-refractivity contribution in [1.29, 1.82) is 0 Å². The molecule has 0 saturated carbocycles. The Morgan fingerprint density at radius 3 is 2.37 bits per heavy atom. The molecule has 30 heavy (non-hydrogen) atoms. The standard InChI is InChI=1S/C20H23Cl2N3O4S/c1-9-11(3)30-17(25-19(28)20(4,5)6)14(9)18(27)29-10(2)16(26)24-15-13(22)7-12(21)8-23-15/h7-8,10H,1-6H3,(H,25,28)(H,23,24,26)/t10-/m1/s1. The Kier molecular flexibility index (Phi) is 7.49. The summed E-state index contributed by atoms with van der Waals surface area (Å²) >= 11 is 13.1. The molecule has 0 saturated heterocycles. The van der Waals surface area contributed by atoms with Crippen LogP contribution in [0.15, 0.2) is 12.3 Å². The Balaban J connectivity index is 2.16. The lowest BCUT2D eigenvalue weighted by molar-refractivity contribution is -0.124. The fourth-order valence-corrected chi connectivity index (χ4v) is 3.72. The summed E-state index contributed by atoms with van der Waals surface area (Å²) in [7, 11) is 0. The maximum Gasteiger partial charge on any atom is 0.342 e. The van der Waals surface area contributed by atoms with E-state index >= 15 is 0 Å². The number of amides is 2. The maximum absolute atomic E-state index is 12.8. The average Bonchev–Trinajstić information content (AvgIpc) is 2.90. The molecule has 2 amide bonds. The van der Waals surface area contributed by atoms with Crippen LogP contribution in [-0.2, 0) is 14.3 Å². The molecular formula is C20H23Cl2N3O4S. The summed E-state index contributed by atoms with van der Waals surface area (Å²) in [6.07, 6.45) is 0.207. The highest BCUT2D eigenvalue weighted by atomic mass is 35.5. The van der Waals surface area contributed by atoms with E-state index in [1.165, 1.54) is 30.5 Å². The second kappa shape index (κ2) is 9.32. The molecule has 162 valence electrons. The van der Waals surface area contributed by atoms with Crippen molar-refractivity contribution in [2.75, 3.05) is 10.6 Å². The number of pyridine rings is 1. The molecule has 2 rings (SSSR count). The molecule has 0 aromatic carbocycles. The number of hydrogen-bond acceptors (Lipinski definition) is 6. The van der Waals surface area contributed by atoms with Crippen LogP contribution in [0.3, 0.4) is 0 Å². The first-order chi connectivity index (χ1) is 13.8. The van der Waals surface area contributed by atoms with Crippen LogP contribution in [0, 0.1) is 19.3 Å². The fraction of sp³-hybridized carbons (Fsp3) is 0.400. The average molecular weight is 472 g/mol. The lowest BCUT2D eigenvalue weighted by Gasteiger charge is -2.18. The largest absolute Gasteiger partial charge is 0.449 e. The summed E-state index contributed by atoms with van der Waals surface area (Å²) in [5, 5.41) is 6.16. The Morgan fingerprint density at radius 1 is 1.17 bits per heavy atom. The molecule has 2 aromatic heterocycles. The summed E-state index contributed by atoms with van der Waals surface area (Å²) in [5.41, 5.74) is 0.284. The van der Waals surface area contributed by atoms with E-state index in [-0.39, 0.29) is 22.3 Å². The van der Waals surface area contributed by atoms with E-state index in [0.717, 1.165) is 4.88 Å². The number of hydrogen-bond donors (Lipinski definition) is 2. The first-order valence-electron chi connectivity index (χ1n) is 9.05. The number of ether oxygens (including phenoxy) is 1. The first-order valence-corrected chi connectivity index (χ1v) is 10.6. The van der Waals surface area contributed by atoms with Gasteiger partial charge in [-0.05, 0) is 32.4 Å². The molecule has 0 aliphatic rings. The number of esters is 1. The monoisotopic (exact) mass is 471 g/mol. The maximum atomic E-state index is 12.8. The molecule has 0 unspecified atom stereocenters. The Hall–Kier alpha value is -2.16. The van der Waals surface area contributed by atoms with Crippen molar-refractivity contribution < 1.29 is 19.1 Å². The number of thiophene rings is 1. The quantitative estimate of drug-likeness (QED) is 0.581. The van der Waals surface area contributed by atoms with Crippen LogP contribution in [-0.4, -0.2) is 28.9 Å². The van der Waals surface area contributed by atoms with Gasteiger partial charge < -0.3 is 15.4 Å². The van der Waals surface area contributed by atoms with Gasteiger partial charge >= 0.3 is 5.97 Å². The molecule has 7 nitrogen and oxygen atoms in total. The third-order valence-corrected chi connectivity index (χ3v) is 5.82. The van der Waals surface area contributed by atoms with Gasteiger partial charge in [0.15, 0.2) is 11.9 Å². The number of carbonyl (C=O) groups is 3. The van der Waals surface area contributed by atoms with Gasteiger partial charge in [-0.2, -0.15) is 0 Å². The number of anilines is 2. The number of carbonyl (C=O) groups excluding carboxylic acids is 3. The summed E-state index contributed by atoms with van der Waals surface area (Å²) in [5.74, 6) is -1.44. The minimum absolute atomic E-state index is 0.106. The van der Waals surface area contributed by atoms with Gasteiger partial charge in [-0.15, -0.1) is 11.3 Å². The Bertz CT molecular complexity index is 999. The molecule has 2 N–H and O–H groups in total. The molecule has 0 spiro atoms. The number of halogens is 2. The van der Waals surface area contributed by atoms with Gasteiger partial charge in [0.05, 0.1) is 15.6 Å². The molecule has 0 radical (unpaired) electrons. The number of aromatic nitrogens is 1. The summed E-state index contributed by atoms with van der Waals surface area (Å²) in [4.78, 5) is 42.4. The van der Waals surface area contributed by atoms with Crippen molar-refractivity contribution in [1.82, 2.24) is 4.98 Å². The van der Waals surface area contributed by atoms with Gasteiger partial charge in [0.1, 0.15) is 5.00 Å². The molecule has 0 bridgehead atoms. The van der Waals surface area contributed by atoms with Gasteiger partial charge in [-0.1, -0.05) is 44.0 Å². The van der Waals surface area contributed by atoms with Crippen LogP contribution in [0.5, 0.6) is 0 Å². The highest BCUT2D eigenvalue weighted by molar-refractivity contribution is 7.16. The number of aryl methyl sites for hydroxylation is 1. The third kappa shape index (κ3) is 5.71. The van der Waals surface area contributed by atoms with E-state index in [9.17, 15) is 14.4 Å². The molecule has 2 heterocycles. The molecular weight excluding hydrogens is 449 g/mol. The number of rotatable bonds is 5. The zero-order valence-corrected chi connectivity index (χ0v) is 19.8. The van der Waals surface area contributed by atoms with Crippen molar-refractivity contribution in [3.63, 3.8) is 0 Å². The topological polar surface area (TPSA) is 97.4 Å². The van der Waals surface area contributed by atoms with Crippen LogP contribution in [0.2, 0.25) is 10.0 Å². The fourth-order valence-electron chi connectivity index (χ4n) is 2.25. The van der Waals surface area contributed by atoms with E-state index in [4.69, 9.17) is 27.9 Å². The van der Waals surface area contributed by atoms with E-state index in [2.05, 4.69) is 15.6 Å². The second-order valence-electron chi connectivity index (χ2n) is 7.71. The van der Waals surface area contributed by atoms with Crippen LogP contribution >= 0.6 is 34.5 Å². The molecule has 1 atom stereocenters. The van der Waals surface area contributed by atoms with Crippen molar-refractivity contribution in [3.05, 3.63) is 38.3 Å². The lowest BCUT2D eigenvalue weighted by atomic mass is 9.96. The predicted octanol–water partition coefficient (Wildman–Crippen LogP) is 5.24. The highest BCUT2D eigenvalue weighted by Crippen LogP contribution is 2.34. The number of nitrogens with one attached hydrogen (secondary N) is 2. The SMILES string of the molecule is Cc1sc(NC(=O)C(C)(C)C)c(C(=O)O[C@H](C)C(=O)Nc2ncc(Cl)cc2Cl)c1C. The summed E-state index contributed by atoms with van der Waals surface area (Å²) in [6.45, 7) is 10.4. The van der Waals surface area contributed by atoms with Crippen LogP contribution in [0.4, 0.5) is 10.8 Å². The van der Waals surface area contributed by atoms with Gasteiger partial charge in [0.2, 0.25) is 5.91 Å². The van der Waals surface area contributed by atoms with Gasteiger partial charge in [-0.3, -0.25) is 9.59 Å². The van der Waals surface area contributed by atoms with Crippen LogP contribution < -0.4 is 10.6 Å². The second-order valence-corrected chi connectivity index (χ2v) is 9.78. The molecule has 0 aliphatic carbocycles. The van der Waals surface area contributed by atoms with Gasteiger partial charge in [0.25, 0.3) is 5.91 Å². The van der Waals surface area contributed by atoms with Gasteiger partial charge in [-0.25, -0.2) is 9.78 Å². The summed E-state index contributed by atoms with van der Waals surface area (Å²) < 4.78 is 5.34. The zero-order chi connectivity index (χ0) is 22.8. The lowest BCUT2D eigenvalue weighted by Crippen LogP contribution is -2.31. The molecule has 2 aromatic rings.